The lowest BCUT2D eigenvalue weighted by Crippen LogP contribution is -2.63. The number of hydrogen-bond donors (Lipinski definition) is 9. The van der Waals surface area contributed by atoms with Crippen LogP contribution in [0, 0.1) is 0 Å². The topological polar surface area (TPSA) is 208 Å². The van der Waals surface area contributed by atoms with Crippen LogP contribution in [0.1, 0.15) is 1.37 Å². The Morgan fingerprint density at radius 3 is 2.09 bits per heavy atom. The molecule has 0 aromatic carbocycles. The highest BCUT2D eigenvalue weighted by atomic mass is 16.6. The first kappa shape index (κ1) is 18.6. The molecule has 0 spiro atoms. The second-order valence-electron chi connectivity index (χ2n) is 5.16. The van der Waals surface area contributed by atoms with Gasteiger partial charge < -0.3 is 50.7 Å². The van der Waals surface area contributed by atoms with Crippen LogP contribution < -0.4 is 0 Å². The van der Waals surface area contributed by atoms with E-state index in [2.05, 4.69) is 0 Å². The summed E-state index contributed by atoms with van der Waals surface area (Å²) in [7, 11) is 0. The minimum Gasteiger partial charge on any atom is -0.394 e. The molecule has 0 amide bonds. The van der Waals surface area contributed by atoms with E-state index in [0.717, 1.165) is 0 Å². The van der Waals surface area contributed by atoms with Gasteiger partial charge in [-0.3, -0.25) is 4.79 Å². The minimum atomic E-state index is -2.98. The lowest BCUT2D eigenvalue weighted by Gasteiger charge is -2.41. The van der Waals surface area contributed by atoms with E-state index in [1.807, 2.05) is 0 Å². The highest BCUT2D eigenvalue weighted by Gasteiger charge is 2.49. The van der Waals surface area contributed by atoms with E-state index in [1.165, 1.54) is 0 Å². The summed E-state index contributed by atoms with van der Waals surface area (Å²) in [6.45, 7) is -1.93. The van der Waals surface area contributed by atoms with E-state index < -0.39 is 73.9 Å². The van der Waals surface area contributed by atoms with Crippen molar-refractivity contribution in [2.75, 3.05) is 13.2 Å². The molecule has 1 heterocycles. The normalized spacial score (nSPS) is 40.8. The minimum absolute atomic E-state index is 0.916. The first-order chi connectivity index (χ1) is 11.0. The number of hydrogen-bond acceptors (Lipinski definition) is 11. The summed E-state index contributed by atoms with van der Waals surface area (Å²) in [5, 5.41) is 85.0. The zero-order valence-corrected chi connectivity index (χ0v) is 11.9. The van der Waals surface area contributed by atoms with Crippen LogP contribution in [0.2, 0.25) is 0 Å². The number of carbonyl (C=O) groups excluding carboxylic acids is 1. The van der Waals surface area contributed by atoms with Gasteiger partial charge in [0.2, 0.25) is 0 Å². The number of rotatable bonds is 7. The molecule has 11 nitrogen and oxygen atoms in total. The number of carbonyl (C=O) groups is 1. The standard InChI is InChI=1S/C12H22O11/c13-1-3(15)5(16)7(18)9(20)11(22)12-10(21)8(19)6(17)4(2-14)23-12/h3-8,10-19,21-22H,1-2H2/t3-,4-,5-,6-,7+,8+,10-,11?,12?/m1/s1/i12D. The van der Waals surface area contributed by atoms with Crippen molar-refractivity contribution < 1.29 is 56.9 Å². The Balaban J connectivity index is 3.02. The summed E-state index contributed by atoms with van der Waals surface area (Å²) in [5.74, 6) is -1.65. The maximum Gasteiger partial charge on any atom is 0.195 e. The fourth-order valence-electron chi connectivity index (χ4n) is 2.05. The molecule has 0 saturated carbocycles. The fourth-order valence-corrected chi connectivity index (χ4v) is 2.05. The van der Waals surface area contributed by atoms with Crippen molar-refractivity contribution in [2.24, 2.45) is 0 Å². The molecule has 1 aliphatic rings. The molecular formula is C12H22O11. The SMILES string of the molecule is [2H]C1(C(O)C(=O)[C@@H](O)[C@H](O)[C@H](O)CO)O[C@H](CO)[C@@H](O)[C@H](O)[C@H]1O. The molecule has 11 heteroatoms. The van der Waals surface area contributed by atoms with Gasteiger partial charge in [0, 0.05) is 0 Å². The van der Waals surface area contributed by atoms with Gasteiger partial charge in [-0.15, -0.1) is 0 Å². The van der Waals surface area contributed by atoms with Crippen molar-refractivity contribution in [3.8, 4) is 0 Å². The monoisotopic (exact) mass is 343 g/mol. The smallest absolute Gasteiger partial charge is 0.195 e. The first-order valence-electron chi connectivity index (χ1n) is 7.22. The molecule has 0 aromatic rings. The third-order valence-corrected chi connectivity index (χ3v) is 3.55. The first-order valence-corrected chi connectivity index (χ1v) is 6.72. The lowest BCUT2D eigenvalue weighted by atomic mass is 9.89. The van der Waals surface area contributed by atoms with Crippen LogP contribution >= 0.6 is 0 Å². The number of ketones is 1. The van der Waals surface area contributed by atoms with E-state index >= 15 is 0 Å². The Bertz CT molecular complexity index is 435. The average Bonchev–Trinajstić information content (AvgIpc) is 2.59. The van der Waals surface area contributed by atoms with Gasteiger partial charge >= 0.3 is 0 Å². The Kier molecular flexibility index (Phi) is 6.79. The van der Waals surface area contributed by atoms with Crippen molar-refractivity contribution in [3.63, 3.8) is 0 Å². The van der Waals surface area contributed by atoms with Crippen molar-refractivity contribution in [1.82, 2.24) is 0 Å². The van der Waals surface area contributed by atoms with E-state index in [4.69, 9.17) is 16.3 Å². The lowest BCUT2D eigenvalue weighted by molar-refractivity contribution is -0.248. The van der Waals surface area contributed by atoms with Crippen LogP contribution in [0.25, 0.3) is 0 Å². The second kappa shape index (κ2) is 8.39. The molecule has 9 atom stereocenters. The van der Waals surface area contributed by atoms with E-state index in [9.17, 15) is 40.5 Å². The van der Waals surface area contributed by atoms with Gasteiger partial charge in [0.15, 0.2) is 5.78 Å². The third-order valence-electron chi connectivity index (χ3n) is 3.55. The average molecular weight is 343 g/mol. The summed E-state index contributed by atoms with van der Waals surface area (Å²) in [4.78, 5) is 12.0. The third kappa shape index (κ3) is 4.22. The summed E-state index contributed by atoms with van der Waals surface area (Å²) in [6, 6.07) is 0. The number of ether oxygens (including phenoxy) is 1. The predicted molar refractivity (Wildman–Crippen MR) is 69.9 cm³/mol. The number of Topliss-reactive ketones (excluding diaryl/α,β-unsaturated/α-hetero) is 1. The van der Waals surface area contributed by atoms with Crippen LogP contribution in [0.5, 0.6) is 0 Å². The molecule has 0 aliphatic carbocycles. The number of aliphatic hydroxyl groups is 9. The number of aliphatic hydroxyl groups excluding tert-OH is 9. The largest absolute Gasteiger partial charge is 0.394 e. The van der Waals surface area contributed by atoms with Crippen molar-refractivity contribution >= 4 is 5.78 Å². The molecular weight excluding hydrogens is 320 g/mol. The van der Waals surface area contributed by atoms with Crippen LogP contribution in [0.15, 0.2) is 0 Å². The van der Waals surface area contributed by atoms with Crippen LogP contribution in [0.4, 0.5) is 0 Å². The molecule has 1 fully saturated rings. The summed E-state index contributed by atoms with van der Waals surface area (Å²) in [5.41, 5.74) is 0. The van der Waals surface area contributed by atoms with Crippen molar-refractivity contribution in [3.05, 3.63) is 0 Å². The van der Waals surface area contributed by atoms with E-state index in [1.54, 1.807) is 0 Å². The summed E-state index contributed by atoms with van der Waals surface area (Å²) >= 11 is 0. The van der Waals surface area contributed by atoms with Crippen molar-refractivity contribution in [2.45, 2.75) is 54.9 Å². The molecule has 0 aromatic heterocycles. The van der Waals surface area contributed by atoms with Gasteiger partial charge in [-0.05, 0) is 0 Å². The zero-order chi connectivity index (χ0) is 18.8. The molecule has 9 N–H and O–H groups in total. The molecule has 0 radical (unpaired) electrons. The summed E-state index contributed by atoms with van der Waals surface area (Å²) < 4.78 is 12.7. The zero-order valence-electron chi connectivity index (χ0n) is 12.9. The maximum atomic E-state index is 12.0. The van der Waals surface area contributed by atoms with E-state index in [-0.39, 0.29) is 0 Å². The Morgan fingerprint density at radius 2 is 1.61 bits per heavy atom. The highest BCUT2D eigenvalue weighted by Crippen LogP contribution is 2.24. The quantitative estimate of drug-likeness (QED) is 0.212. The van der Waals surface area contributed by atoms with Crippen LogP contribution in [-0.4, -0.2) is 120 Å². The van der Waals surface area contributed by atoms with E-state index in [0.29, 0.717) is 0 Å². The Morgan fingerprint density at radius 1 is 1.04 bits per heavy atom. The van der Waals surface area contributed by atoms with Gasteiger partial charge in [-0.1, -0.05) is 0 Å². The van der Waals surface area contributed by atoms with Crippen molar-refractivity contribution in [1.29, 1.82) is 0 Å². The van der Waals surface area contributed by atoms with Crippen LogP contribution in [-0.2, 0) is 9.53 Å². The van der Waals surface area contributed by atoms with Gasteiger partial charge in [0.1, 0.15) is 54.9 Å². The Labute approximate surface area is 132 Å². The molecule has 0 bridgehead atoms. The summed E-state index contributed by atoms with van der Waals surface area (Å²) in [6.07, 6.45) is -20.0. The molecule has 2 unspecified atom stereocenters. The second-order valence-corrected chi connectivity index (χ2v) is 5.16. The molecule has 1 rings (SSSR count). The highest BCUT2D eigenvalue weighted by molar-refractivity contribution is 5.88. The van der Waals surface area contributed by atoms with Crippen LogP contribution in [0.3, 0.4) is 0 Å². The fraction of sp³-hybridized carbons (Fsp3) is 0.917. The van der Waals surface area contributed by atoms with Gasteiger partial charge in [-0.2, -0.15) is 0 Å². The maximum absolute atomic E-state index is 12.0. The van der Waals surface area contributed by atoms with Gasteiger partial charge in [0.25, 0.3) is 0 Å². The predicted octanol–water partition coefficient (Wildman–Crippen LogP) is -6.17. The molecule has 23 heavy (non-hydrogen) atoms. The Hall–Kier alpha value is -0.730. The van der Waals surface area contributed by atoms with Gasteiger partial charge in [0.05, 0.1) is 14.6 Å². The molecule has 1 saturated heterocycles. The molecule has 136 valence electrons. The van der Waals surface area contributed by atoms with Gasteiger partial charge in [-0.25, -0.2) is 0 Å². The molecule has 1 aliphatic heterocycles.